The number of nitrogens with zero attached hydrogens (tertiary/aromatic N) is 2. The van der Waals surface area contributed by atoms with Gasteiger partial charge in [0.25, 0.3) is 0 Å². The lowest BCUT2D eigenvalue weighted by atomic mass is 10.1. The largest absolute Gasteiger partial charge is 0.391 e. The number of aliphatic hydroxyl groups excluding tert-OH is 1. The highest BCUT2D eigenvalue weighted by Crippen LogP contribution is 2.33. The second kappa shape index (κ2) is 7.05. The van der Waals surface area contributed by atoms with Crippen LogP contribution in [0.2, 0.25) is 10.2 Å². The van der Waals surface area contributed by atoms with E-state index in [1.165, 1.54) is 5.56 Å². The second-order valence-electron chi connectivity index (χ2n) is 6.55. The van der Waals surface area contributed by atoms with Crippen molar-refractivity contribution < 1.29 is 5.11 Å². The minimum Gasteiger partial charge on any atom is -0.391 e. The number of fused-ring (bicyclic) bond motifs is 1. The van der Waals surface area contributed by atoms with E-state index in [2.05, 4.69) is 22.5 Å². The van der Waals surface area contributed by atoms with Crippen LogP contribution in [0.3, 0.4) is 0 Å². The van der Waals surface area contributed by atoms with E-state index in [1.807, 2.05) is 43.3 Å². The Labute approximate surface area is 162 Å². The first-order chi connectivity index (χ1) is 12.6. The van der Waals surface area contributed by atoms with E-state index in [-0.39, 0.29) is 6.04 Å². The molecule has 0 unspecified atom stereocenters. The van der Waals surface area contributed by atoms with E-state index >= 15 is 0 Å². The molecule has 2 N–H and O–H groups in total. The molecule has 2 atom stereocenters. The average Bonchev–Trinajstić information content (AvgIpc) is 3.10. The quantitative estimate of drug-likeness (QED) is 0.703. The summed E-state index contributed by atoms with van der Waals surface area (Å²) in [7, 11) is 0. The van der Waals surface area contributed by atoms with Crippen LogP contribution in [0.25, 0.3) is 5.69 Å². The van der Waals surface area contributed by atoms with Gasteiger partial charge in [-0.15, -0.1) is 0 Å². The molecule has 0 saturated carbocycles. The van der Waals surface area contributed by atoms with E-state index in [4.69, 9.17) is 23.2 Å². The van der Waals surface area contributed by atoms with Crippen molar-refractivity contribution in [3.05, 3.63) is 81.1 Å². The molecule has 134 valence electrons. The van der Waals surface area contributed by atoms with Crippen LogP contribution in [0.1, 0.15) is 28.4 Å². The van der Waals surface area contributed by atoms with Crippen molar-refractivity contribution in [2.24, 2.45) is 0 Å². The molecule has 0 amide bonds. The molecular formula is C20H19Cl2N3O. The van der Waals surface area contributed by atoms with E-state index in [0.29, 0.717) is 23.1 Å². The van der Waals surface area contributed by atoms with Gasteiger partial charge in [0.15, 0.2) is 0 Å². The summed E-state index contributed by atoms with van der Waals surface area (Å²) < 4.78 is 1.66. The Hall–Kier alpha value is -1.85. The summed E-state index contributed by atoms with van der Waals surface area (Å²) in [6, 6.07) is 15.5. The maximum atomic E-state index is 10.4. The lowest BCUT2D eigenvalue weighted by Crippen LogP contribution is -2.28. The average molecular weight is 388 g/mol. The highest BCUT2D eigenvalue weighted by Gasteiger charge is 2.30. The maximum absolute atomic E-state index is 10.4. The highest BCUT2D eigenvalue weighted by molar-refractivity contribution is 6.33. The maximum Gasteiger partial charge on any atom is 0.137 e. The Morgan fingerprint density at radius 2 is 1.88 bits per heavy atom. The number of benzene rings is 2. The molecule has 1 heterocycles. The summed E-state index contributed by atoms with van der Waals surface area (Å²) in [4.78, 5) is 0. The smallest absolute Gasteiger partial charge is 0.137 e. The van der Waals surface area contributed by atoms with E-state index in [9.17, 15) is 5.11 Å². The van der Waals surface area contributed by atoms with Crippen molar-refractivity contribution in [3.63, 3.8) is 0 Å². The fraction of sp³-hybridized carbons (Fsp3) is 0.250. The summed E-state index contributed by atoms with van der Waals surface area (Å²) in [6.07, 6.45) is 0.226. The van der Waals surface area contributed by atoms with Crippen LogP contribution < -0.4 is 5.32 Å². The van der Waals surface area contributed by atoms with Crippen molar-refractivity contribution in [3.8, 4) is 5.69 Å². The number of hydrogen-bond donors (Lipinski definition) is 2. The van der Waals surface area contributed by atoms with Gasteiger partial charge in [0.05, 0.1) is 28.5 Å². The first kappa shape index (κ1) is 17.6. The van der Waals surface area contributed by atoms with Crippen LogP contribution in [-0.4, -0.2) is 21.0 Å². The number of hydrogen-bond acceptors (Lipinski definition) is 3. The monoisotopic (exact) mass is 387 g/mol. The van der Waals surface area contributed by atoms with Gasteiger partial charge in [0.2, 0.25) is 0 Å². The van der Waals surface area contributed by atoms with Crippen LogP contribution in [0, 0.1) is 6.92 Å². The number of rotatable bonds is 4. The first-order valence-corrected chi connectivity index (χ1v) is 9.30. The Morgan fingerprint density at radius 3 is 2.69 bits per heavy atom. The van der Waals surface area contributed by atoms with Crippen molar-refractivity contribution in [1.29, 1.82) is 0 Å². The minimum absolute atomic E-state index is 0.106. The van der Waals surface area contributed by atoms with Gasteiger partial charge >= 0.3 is 0 Å². The number of halogens is 2. The predicted octanol–water partition coefficient (Wildman–Crippen LogP) is 4.24. The minimum atomic E-state index is -0.440. The molecule has 0 aliphatic heterocycles. The van der Waals surface area contributed by atoms with Gasteiger partial charge in [-0.25, -0.2) is 4.68 Å². The summed E-state index contributed by atoms with van der Waals surface area (Å²) in [5, 5.41) is 19.5. The van der Waals surface area contributed by atoms with Gasteiger partial charge in [0, 0.05) is 18.5 Å². The zero-order valence-electron chi connectivity index (χ0n) is 14.3. The SMILES string of the molecule is Cc1nn(-c2ccccc2Cl)c(Cl)c1CN[C@@H]1c2ccccc2C[C@@H]1O. The van der Waals surface area contributed by atoms with Crippen molar-refractivity contribution in [2.45, 2.75) is 32.0 Å². The fourth-order valence-electron chi connectivity index (χ4n) is 3.55. The third kappa shape index (κ3) is 3.03. The summed E-state index contributed by atoms with van der Waals surface area (Å²) in [5.74, 6) is 0. The van der Waals surface area contributed by atoms with Gasteiger partial charge in [0.1, 0.15) is 5.15 Å². The Kier molecular flexibility index (Phi) is 4.76. The normalized spacial score (nSPS) is 18.9. The molecule has 1 aromatic heterocycles. The van der Waals surface area contributed by atoms with Crippen LogP contribution in [0.4, 0.5) is 0 Å². The van der Waals surface area contributed by atoms with Crippen LogP contribution >= 0.6 is 23.2 Å². The van der Waals surface area contributed by atoms with Gasteiger partial charge in [-0.1, -0.05) is 59.6 Å². The molecule has 0 saturated heterocycles. The van der Waals surface area contributed by atoms with Gasteiger partial charge < -0.3 is 10.4 Å². The van der Waals surface area contributed by atoms with Crippen LogP contribution in [0.5, 0.6) is 0 Å². The third-order valence-corrected chi connectivity index (χ3v) is 5.61. The molecule has 0 radical (unpaired) electrons. The molecular weight excluding hydrogens is 369 g/mol. The standard InChI is InChI=1S/C20H19Cl2N3O/c1-12-15(20(22)25(24-12)17-9-5-4-8-16(17)21)11-23-19-14-7-3-2-6-13(14)10-18(19)26/h2-9,18-19,23,26H,10-11H2,1H3/t18-,19+/m0/s1. The molecule has 4 rings (SSSR count). The Morgan fingerprint density at radius 1 is 1.15 bits per heavy atom. The molecule has 3 aromatic rings. The van der Waals surface area contributed by atoms with Gasteiger partial charge in [-0.2, -0.15) is 5.10 Å². The zero-order valence-corrected chi connectivity index (χ0v) is 15.8. The fourth-order valence-corrected chi connectivity index (χ4v) is 4.10. The molecule has 4 nitrogen and oxygen atoms in total. The molecule has 1 aliphatic carbocycles. The number of aryl methyl sites for hydroxylation is 1. The summed E-state index contributed by atoms with van der Waals surface area (Å²) in [6.45, 7) is 2.44. The summed E-state index contributed by atoms with van der Waals surface area (Å²) in [5.41, 5.74) is 4.82. The molecule has 1 aliphatic rings. The highest BCUT2D eigenvalue weighted by atomic mass is 35.5. The van der Waals surface area contributed by atoms with Crippen LogP contribution in [-0.2, 0) is 13.0 Å². The summed E-state index contributed by atoms with van der Waals surface area (Å²) >= 11 is 12.9. The van der Waals surface area contributed by atoms with E-state index in [0.717, 1.165) is 22.5 Å². The van der Waals surface area contributed by atoms with Gasteiger partial charge in [-0.05, 0) is 30.2 Å². The molecule has 6 heteroatoms. The number of nitrogens with one attached hydrogen (secondary N) is 1. The zero-order chi connectivity index (χ0) is 18.3. The van der Waals surface area contributed by atoms with E-state index in [1.54, 1.807) is 4.68 Å². The number of aromatic nitrogens is 2. The predicted molar refractivity (Wildman–Crippen MR) is 104 cm³/mol. The van der Waals surface area contributed by atoms with Crippen molar-refractivity contribution >= 4 is 23.2 Å². The second-order valence-corrected chi connectivity index (χ2v) is 7.31. The van der Waals surface area contributed by atoms with Crippen molar-refractivity contribution in [1.82, 2.24) is 15.1 Å². The van der Waals surface area contributed by atoms with E-state index < -0.39 is 6.10 Å². The Balaban J connectivity index is 1.59. The third-order valence-electron chi connectivity index (χ3n) is 4.91. The first-order valence-electron chi connectivity index (χ1n) is 8.54. The molecule has 0 fully saturated rings. The van der Waals surface area contributed by atoms with Gasteiger partial charge in [-0.3, -0.25) is 0 Å². The molecule has 0 bridgehead atoms. The van der Waals surface area contributed by atoms with Crippen LogP contribution in [0.15, 0.2) is 48.5 Å². The lowest BCUT2D eigenvalue weighted by molar-refractivity contribution is 0.140. The van der Waals surface area contributed by atoms with Crippen molar-refractivity contribution in [2.75, 3.05) is 0 Å². The topological polar surface area (TPSA) is 50.1 Å². The number of para-hydroxylation sites is 1. The number of aliphatic hydroxyl groups is 1. The lowest BCUT2D eigenvalue weighted by Gasteiger charge is -2.18. The molecule has 26 heavy (non-hydrogen) atoms. The molecule has 0 spiro atoms. The Bertz CT molecular complexity index is 954. The molecule has 2 aromatic carbocycles.